The summed E-state index contributed by atoms with van der Waals surface area (Å²) < 4.78 is 25.8. The van der Waals surface area contributed by atoms with Gasteiger partial charge in [-0.2, -0.15) is 0 Å². The summed E-state index contributed by atoms with van der Waals surface area (Å²) >= 11 is 0. The molecule has 3 aromatic rings. The molecule has 0 aliphatic carbocycles. The topological polar surface area (TPSA) is 132 Å². The summed E-state index contributed by atoms with van der Waals surface area (Å²) in [7, 11) is 0. The fourth-order valence-corrected chi connectivity index (χ4v) is 4.07. The van der Waals surface area contributed by atoms with Crippen LogP contribution in [-0.4, -0.2) is 47.5 Å². The van der Waals surface area contributed by atoms with Crippen LogP contribution in [0, 0.1) is 11.7 Å². The first kappa shape index (κ1) is 23.5. The zero-order valence-corrected chi connectivity index (χ0v) is 19.2. The van der Waals surface area contributed by atoms with Crippen molar-refractivity contribution in [3.63, 3.8) is 0 Å². The van der Waals surface area contributed by atoms with E-state index in [0.29, 0.717) is 41.8 Å². The minimum Gasteiger partial charge on any atom is -0.474 e. The number of benzene rings is 1. The molecule has 1 unspecified atom stereocenters. The number of hydrogen-bond acceptors (Lipinski definition) is 7. The molecule has 2 aliphatic heterocycles. The number of amides is 1. The highest BCUT2D eigenvalue weighted by atomic mass is 19.1. The molecule has 34 heavy (non-hydrogen) atoms. The molecule has 4 heterocycles. The van der Waals surface area contributed by atoms with Gasteiger partial charge in [-0.25, -0.2) is 19.2 Å². The predicted octanol–water partition coefficient (Wildman–Crippen LogP) is 4.52. The summed E-state index contributed by atoms with van der Waals surface area (Å²) in [5.74, 6) is 0.885. The third-order valence-corrected chi connectivity index (χ3v) is 5.83. The van der Waals surface area contributed by atoms with E-state index in [1.165, 1.54) is 18.7 Å². The van der Waals surface area contributed by atoms with Crippen molar-refractivity contribution >= 4 is 34.1 Å². The second-order valence-electron chi connectivity index (χ2n) is 8.30. The van der Waals surface area contributed by atoms with Crippen molar-refractivity contribution in [3.05, 3.63) is 35.9 Å². The molecular formula is C24H28FN5O4. The van der Waals surface area contributed by atoms with Crippen LogP contribution >= 0.6 is 0 Å². The number of halogens is 1. The van der Waals surface area contributed by atoms with Crippen molar-refractivity contribution in [1.82, 2.24) is 9.97 Å². The smallest absolute Gasteiger partial charge is 0.410 e. The number of nitrogens with zero attached hydrogens (tertiary/aromatic N) is 2. The van der Waals surface area contributed by atoms with Crippen LogP contribution in [0.3, 0.4) is 0 Å². The Balaban J connectivity index is 0.000000398. The van der Waals surface area contributed by atoms with Gasteiger partial charge in [0.2, 0.25) is 5.88 Å². The van der Waals surface area contributed by atoms with Gasteiger partial charge in [-0.3, -0.25) is 5.32 Å². The molecular weight excluding hydrogens is 441 g/mol. The predicted molar refractivity (Wildman–Crippen MR) is 129 cm³/mol. The molecule has 1 atom stereocenters. The molecule has 0 radical (unpaired) electrons. The number of anilines is 3. The largest absolute Gasteiger partial charge is 0.474 e. The van der Waals surface area contributed by atoms with Gasteiger partial charge in [0.15, 0.2) is 5.82 Å². The fraction of sp³-hybridized carbons (Fsp3) is 0.375. The highest BCUT2D eigenvalue weighted by molar-refractivity contribution is 5.99. The summed E-state index contributed by atoms with van der Waals surface area (Å²) in [6, 6.07) is 3.14. The molecule has 1 aromatic carbocycles. The average molecular weight is 470 g/mol. The van der Waals surface area contributed by atoms with Crippen molar-refractivity contribution < 1.29 is 23.8 Å². The maximum absolute atomic E-state index is 15.1. The molecule has 9 nitrogen and oxygen atoms in total. The van der Waals surface area contributed by atoms with Gasteiger partial charge in [-0.15, -0.1) is 0 Å². The number of hydrogen-bond donors (Lipinski definition) is 4. The Labute approximate surface area is 196 Å². The molecule has 2 aromatic heterocycles. The first-order valence-corrected chi connectivity index (χ1v) is 11.2. The van der Waals surface area contributed by atoms with Crippen molar-refractivity contribution in [3.8, 4) is 17.0 Å². The van der Waals surface area contributed by atoms with Gasteiger partial charge in [0, 0.05) is 48.7 Å². The lowest BCUT2D eigenvalue weighted by atomic mass is 9.95. The van der Waals surface area contributed by atoms with Crippen LogP contribution in [0.25, 0.3) is 21.9 Å². The zero-order chi connectivity index (χ0) is 24.2. The molecule has 5 rings (SSSR count). The van der Waals surface area contributed by atoms with Gasteiger partial charge < -0.3 is 25.6 Å². The fourth-order valence-electron chi connectivity index (χ4n) is 4.07. The van der Waals surface area contributed by atoms with E-state index in [-0.39, 0.29) is 17.1 Å². The number of nitrogen functional groups attached to an aromatic ring is 1. The van der Waals surface area contributed by atoms with Crippen molar-refractivity contribution in [1.29, 1.82) is 0 Å². The van der Waals surface area contributed by atoms with E-state index in [1.807, 2.05) is 6.92 Å². The van der Waals surface area contributed by atoms with Gasteiger partial charge in [0.1, 0.15) is 18.1 Å². The number of nitrogens with one attached hydrogen (secondary N) is 2. The lowest BCUT2D eigenvalue weighted by molar-refractivity contribution is 0.188. The number of pyridine rings is 2. The van der Waals surface area contributed by atoms with Crippen LogP contribution in [0.4, 0.5) is 26.4 Å². The number of rotatable bonds is 3. The molecule has 0 saturated carbocycles. The molecule has 1 saturated heterocycles. The van der Waals surface area contributed by atoms with Gasteiger partial charge in [0.05, 0.1) is 5.69 Å². The van der Waals surface area contributed by atoms with Crippen molar-refractivity contribution in [2.45, 2.75) is 26.7 Å². The first-order valence-electron chi connectivity index (χ1n) is 11.2. The minimum atomic E-state index is -1.24. The first-order chi connectivity index (χ1) is 16.4. The van der Waals surface area contributed by atoms with Gasteiger partial charge in [-0.05, 0) is 41.8 Å². The Morgan fingerprint density at radius 3 is 2.76 bits per heavy atom. The Bertz CT molecular complexity index is 1210. The molecule has 10 heteroatoms. The second kappa shape index (κ2) is 10.1. The van der Waals surface area contributed by atoms with Gasteiger partial charge >= 0.3 is 6.09 Å². The maximum Gasteiger partial charge on any atom is 0.410 e. The standard InChI is InChI=1S/C19H18FN5O3.C5H10O/c1-2-10-13(8-24-18-17(10)22-3-4-28-18)11-5-9-6-14(25-19(26)27)23-7-12(9)16(21)15(11)20;1-5-2-3-6-4-5/h5-8,22H,2-4,21H2,1H3,(H,23,25)(H,26,27);5H,2-4H2,1H3. The number of carbonyl (C=O) groups is 1. The van der Waals surface area contributed by atoms with E-state index in [2.05, 4.69) is 27.5 Å². The number of aromatic nitrogens is 2. The second-order valence-corrected chi connectivity index (χ2v) is 8.30. The summed E-state index contributed by atoms with van der Waals surface area (Å²) in [5.41, 5.74) is 8.50. The van der Waals surface area contributed by atoms with E-state index >= 15 is 4.39 Å². The van der Waals surface area contributed by atoms with E-state index in [0.717, 1.165) is 30.4 Å². The lowest BCUT2D eigenvalue weighted by Crippen LogP contribution is -2.20. The molecule has 1 amide bonds. The summed E-state index contributed by atoms with van der Waals surface area (Å²) in [6.45, 7) is 7.32. The Hall–Kier alpha value is -3.66. The summed E-state index contributed by atoms with van der Waals surface area (Å²) in [4.78, 5) is 19.2. The van der Waals surface area contributed by atoms with Gasteiger partial charge in [0.25, 0.3) is 0 Å². The molecule has 5 N–H and O–H groups in total. The molecule has 0 spiro atoms. The summed E-state index contributed by atoms with van der Waals surface area (Å²) in [5, 5.41) is 15.3. The number of fused-ring (bicyclic) bond motifs is 2. The third-order valence-electron chi connectivity index (χ3n) is 5.83. The van der Waals surface area contributed by atoms with Gasteiger partial charge in [-0.1, -0.05) is 13.8 Å². The highest BCUT2D eigenvalue weighted by Gasteiger charge is 2.22. The minimum absolute atomic E-state index is 0.0501. The van der Waals surface area contributed by atoms with Crippen LogP contribution in [0.5, 0.6) is 5.88 Å². The normalized spacial score (nSPS) is 16.6. The maximum atomic E-state index is 15.1. The monoisotopic (exact) mass is 469 g/mol. The molecule has 1 fully saturated rings. The average Bonchev–Trinajstić information content (AvgIpc) is 3.31. The van der Waals surface area contributed by atoms with E-state index in [4.69, 9.17) is 20.3 Å². The van der Waals surface area contributed by atoms with Crippen LogP contribution in [-0.2, 0) is 11.2 Å². The lowest BCUT2D eigenvalue weighted by Gasteiger charge is -2.23. The van der Waals surface area contributed by atoms with E-state index in [1.54, 1.807) is 12.3 Å². The van der Waals surface area contributed by atoms with Crippen LogP contribution in [0.1, 0.15) is 25.8 Å². The number of carboxylic acid groups (broad SMARTS) is 1. The quantitative estimate of drug-likeness (QED) is 0.412. The Morgan fingerprint density at radius 2 is 2.12 bits per heavy atom. The van der Waals surface area contributed by atoms with Crippen molar-refractivity contribution in [2.24, 2.45) is 5.92 Å². The number of ether oxygens (including phenoxy) is 2. The van der Waals surface area contributed by atoms with Crippen LogP contribution < -0.4 is 21.1 Å². The molecule has 2 aliphatic rings. The Kier molecular flexibility index (Phi) is 6.97. The summed E-state index contributed by atoms with van der Waals surface area (Å²) in [6.07, 6.45) is 3.59. The number of nitrogens with two attached hydrogens (primary N) is 1. The van der Waals surface area contributed by atoms with E-state index < -0.39 is 11.9 Å². The van der Waals surface area contributed by atoms with Crippen molar-refractivity contribution in [2.75, 3.05) is 42.7 Å². The molecule has 0 bridgehead atoms. The Morgan fingerprint density at radius 1 is 1.29 bits per heavy atom. The molecule has 180 valence electrons. The van der Waals surface area contributed by atoms with Crippen LogP contribution in [0.15, 0.2) is 24.5 Å². The SMILES string of the molecule is CC1CCOC1.CCc1c(-c2cc3cc(NC(=O)O)ncc3c(N)c2F)cnc2c1NCCO2. The third kappa shape index (κ3) is 4.81. The van der Waals surface area contributed by atoms with E-state index in [9.17, 15) is 4.79 Å². The zero-order valence-electron chi connectivity index (χ0n) is 19.2. The van der Waals surface area contributed by atoms with Crippen LogP contribution in [0.2, 0.25) is 0 Å². The highest BCUT2D eigenvalue weighted by Crippen LogP contribution is 2.40.